The molecular formula is C17H23NO. The van der Waals surface area contributed by atoms with E-state index in [0.29, 0.717) is 0 Å². The molecule has 2 rings (SSSR count). The van der Waals surface area contributed by atoms with E-state index in [1.165, 1.54) is 16.7 Å². The van der Waals surface area contributed by atoms with Gasteiger partial charge in [-0.25, -0.2) is 0 Å². The minimum atomic E-state index is 0.261. The second-order valence-corrected chi connectivity index (χ2v) is 5.14. The number of aryl methyl sites for hydroxylation is 2. The first-order valence-electron chi connectivity index (χ1n) is 7.03. The van der Waals surface area contributed by atoms with Gasteiger partial charge in [-0.1, -0.05) is 25.1 Å². The molecule has 2 nitrogen and oxygen atoms in total. The smallest absolute Gasteiger partial charge is 0.121 e. The number of nitrogens with one attached hydrogen (secondary N) is 1. The molecule has 0 saturated heterocycles. The summed E-state index contributed by atoms with van der Waals surface area (Å²) in [7, 11) is 0. The quantitative estimate of drug-likeness (QED) is 0.839. The lowest BCUT2D eigenvalue weighted by Crippen LogP contribution is -2.23. The van der Waals surface area contributed by atoms with Gasteiger partial charge in [0.25, 0.3) is 0 Å². The van der Waals surface area contributed by atoms with Crippen molar-refractivity contribution in [1.29, 1.82) is 0 Å². The zero-order valence-corrected chi connectivity index (χ0v) is 12.1. The van der Waals surface area contributed by atoms with Gasteiger partial charge in [-0.15, -0.1) is 0 Å². The Morgan fingerprint density at radius 1 is 1.16 bits per heavy atom. The first-order valence-corrected chi connectivity index (χ1v) is 7.03. The van der Waals surface area contributed by atoms with Crippen LogP contribution in [0.3, 0.4) is 0 Å². The zero-order valence-electron chi connectivity index (χ0n) is 12.1. The first kappa shape index (κ1) is 13.9. The Labute approximate surface area is 115 Å². The highest BCUT2D eigenvalue weighted by atomic mass is 16.3. The number of hydrogen-bond acceptors (Lipinski definition) is 2. The van der Waals surface area contributed by atoms with Crippen molar-refractivity contribution in [2.45, 2.75) is 39.7 Å². The lowest BCUT2D eigenvalue weighted by atomic mass is 9.99. The molecule has 0 aliphatic heterocycles. The van der Waals surface area contributed by atoms with Gasteiger partial charge in [0.2, 0.25) is 0 Å². The van der Waals surface area contributed by atoms with Gasteiger partial charge in [0, 0.05) is 0 Å². The summed E-state index contributed by atoms with van der Waals surface area (Å²) < 4.78 is 5.56. The Morgan fingerprint density at radius 2 is 2.00 bits per heavy atom. The molecule has 1 aromatic heterocycles. The Balaban J connectivity index is 2.13. The predicted molar refractivity (Wildman–Crippen MR) is 79.4 cm³/mol. The van der Waals surface area contributed by atoms with Gasteiger partial charge in [0.05, 0.1) is 12.3 Å². The van der Waals surface area contributed by atoms with Crippen LogP contribution < -0.4 is 5.32 Å². The molecule has 0 radical (unpaired) electrons. The normalized spacial score (nSPS) is 12.6. The van der Waals surface area contributed by atoms with Crippen LogP contribution in [0, 0.1) is 13.8 Å². The molecule has 0 amide bonds. The molecule has 2 aromatic rings. The van der Waals surface area contributed by atoms with Gasteiger partial charge in [-0.2, -0.15) is 0 Å². The number of furan rings is 1. The van der Waals surface area contributed by atoms with Gasteiger partial charge in [-0.3, -0.25) is 0 Å². The molecule has 0 aliphatic carbocycles. The Bertz CT molecular complexity index is 502. The molecule has 0 saturated carbocycles. The second-order valence-electron chi connectivity index (χ2n) is 5.14. The topological polar surface area (TPSA) is 25.2 Å². The maximum absolute atomic E-state index is 5.56. The minimum absolute atomic E-state index is 0.261. The zero-order chi connectivity index (χ0) is 13.7. The first-order chi connectivity index (χ1) is 9.20. The van der Waals surface area contributed by atoms with E-state index in [1.54, 1.807) is 6.26 Å². The fraction of sp³-hybridized carbons (Fsp3) is 0.412. The molecule has 0 bridgehead atoms. The molecule has 19 heavy (non-hydrogen) atoms. The molecule has 0 spiro atoms. The van der Waals surface area contributed by atoms with Crippen LogP contribution in [0.25, 0.3) is 0 Å². The second kappa shape index (κ2) is 6.58. The van der Waals surface area contributed by atoms with Gasteiger partial charge in [-0.05, 0) is 62.1 Å². The van der Waals surface area contributed by atoms with E-state index in [2.05, 4.69) is 44.3 Å². The monoisotopic (exact) mass is 257 g/mol. The highest BCUT2D eigenvalue weighted by molar-refractivity contribution is 5.30. The Hall–Kier alpha value is -1.54. The summed E-state index contributed by atoms with van der Waals surface area (Å²) in [6.07, 6.45) is 3.84. The summed E-state index contributed by atoms with van der Waals surface area (Å²) in [6.45, 7) is 7.51. The van der Waals surface area contributed by atoms with Crippen LogP contribution in [0.5, 0.6) is 0 Å². The molecule has 1 N–H and O–H groups in total. The van der Waals surface area contributed by atoms with Gasteiger partial charge >= 0.3 is 0 Å². The summed E-state index contributed by atoms with van der Waals surface area (Å²) >= 11 is 0. The van der Waals surface area contributed by atoms with Crippen LogP contribution in [0.2, 0.25) is 0 Å². The number of hydrogen-bond donors (Lipinski definition) is 1. The third-order valence-corrected chi connectivity index (χ3v) is 3.54. The van der Waals surface area contributed by atoms with Crippen LogP contribution in [-0.4, -0.2) is 6.54 Å². The van der Waals surface area contributed by atoms with E-state index >= 15 is 0 Å². The summed E-state index contributed by atoms with van der Waals surface area (Å²) in [5.74, 6) is 1.02. The van der Waals surface area contributed by atoms with Crippen LogP contribution >= 0.6 is 0 Å². The fourth-order valence-electron chi connectivity index (χ4n) is 2.25. The van der Waals surface area contributed by atoms with E-state index in [0.717, 1.165) is 25.1 Å². The predicted octanol–water partition coefficient (Wildman–Crippen LogP) is 4.18. The van der Waals surface area contributed by atoms with E-state index in [9.17, 15) is 0 Å². The minimum Gasteiger partial charge on any atom is -0.468 e. The van der Waals surface area contributed by atoms with E-state index < -0.39 is 0 Å². The van der Waals surface area contributed by atoms with Crippen LogP contribution in [-0.2, 0) is 6.42 Å². The van der Waals surface area contributed by atoms with Gasteiger partial charge < -0.3 is 9.73 Å². The molecule has 0 fully saturated rings. The molecule has 1 heterocycles. The van der Waals surface area contributed by atoms with E-state index in [1.807, 2.05) is 12.1 Å². The van der Waals surface area contributed by atoms with Crippen LogP contribution in [0.1, 0.15) is 41.8 Å². The van der Waals surface area contributed by atoms with Crippen molar-refractivity contribution >= 4 is 0 Å². The number of rotatable bonds is 6. The molecular weight excluding hydrogens is 234 g/mol. The maximum Gasteiger partial charge on any atom is 0.121 e. The summed E-state index contributed by atoms with van der Waals surface area (Å²) in [5, 5.41) is 3.56. The lowest BCUT2D eigenvalue weighted by molar-refractivity contribution is 0.410. The summed E-state index contributed by atoms with van der Waals surface area (Å²) in [5.41, 5.74) is 4.05. The fourth-order valence-corrected chi connectivity index (χ4v) is 2.25. The largest absolute Gasteiger partial charge is 0.468 e. The van der Waals surface area contributed by atoms with Crippen LogP contribution in [0.15, 0.2) is 41.0 Å². The SMILES string of the molecule is CCCNC(Cc1ccc(C)c(C)c1)c1ccco1. The van der Waals surface area contributed by atoms with E-state index in [4.69, 9.17) is 4.42 Å². The molecule has 0 aliphatic rings. The van der Waals surface area contributed by atoms with Crippen molar-refractivity contribution in [2.75, 3.05) is 6.54 Å². The van der Waals surface area contributed by atoms with Crippen molar-refractivity contribution in [2.24, 2.45) is 0 Å². The van der Waals surface area contributed by atoms with Gasteiger partial charge in [0.1, 0.15) is 5.76 Å². The van der Waals surface area contributed by atoms with Crippen molar-refractivity contribution < 1.29 is 4.42 Å². The van der Waals surface area contributed by atoms with Gasteiger partial charge in [0.15, 0.2) is 0 Å². The average Bonchev–Trinajstić information content (AvgIpc) is 2.92. The highest BCUT2D eigenvalue weighted by Crippen LogP contribution is 2.20. The Kier molecular flexibility index (Phi) is 4.80. The van der Waals surface area contributed by atoms with Crippen molar-refractivity contribution in [3.8, 4) is 0 Å². The highest BCUT2D eigenvalue weighted by Gasteiger charge is 2.14. The van der Waals surface area contributed by atoms with Crippen molar-refractivity contribution in [1.82, 2.24) is 5.32 Å². The van der Waals surface area contributed by atoms with Crippen LogP contribution in [0.4, 0.5) is 0 Å². The number of benzene rings is 1. The molecule has 1 aromatic carbocycles. The Morgan fingerprint density at radius 3 is 2.63 bits per heavy atom. The molecule has 1 unspecified atom stereocenters. The summed E-state index contributed by atoms with van der Waals surface area (Å²) in [6, 6.07) is 11.0. The standard InChI is InChI=1S/C17H23NO/c1-4-9-18-16(17-6-5-10-19-17)12-15-8-7-13(2)14(3)11-15/h5-8,10-11,16,18H,4,9,12H2,1-3H3. The molecule has 1 atom stereocenters. The van der Waals surface area contributed by atoms with Crippen molar-refractivity contribution in [3.63, 3.8) is 0 Å². The maximum atomic E-state index is 5.56. The molecule has 2 heteroatoms. The summed E-state index contributed by atoms with van der Waals surface area (Å²) in [4.78, 5) is 0. The molecule has 102 valence electrons. The lowest BCUT2D eigenvalue weighted by Gasteiger charge is -2.17. The van der Waals surface area contributed by atoms with E-state index in [-0.39, 0.29) is 6.04 Å². The van der Waals surface area contributed by atoms with Crippen molar-refractivity contribution in [3.05, 3.63) is 59.0 Å². The third kappa shape index (κ3) is 3.71. The average molecular weight is 257 g/mol. The third-order valence-electron chi connectivity index (χ3n) is 3.54.